The lowest BCUT2D eigenvalue weighted by molar-refractivity contribution is -0.389. The predicted molar refractivity (Wildman–Crippen MR) is 68.4 cm³/mol. The quantitative estimate of drug-likeness (QED) is 0.518. The van der Waals surface area contributed by atoms with Gasteiger partial charge in [0.2, 0.25) is 5.95 Å². The van der Waals surface area contributed by atoms with E-state index in [2.05, 4.69) is 9.97 Å². The van der Waals surface area contributed by atoms with Gasteiger partial charge in [-0.25, -0.2) is 4.98 Å². The van der Waals surface area contributed by atoms with E-state index in [1.807, 2.05) is 30.3 Å². The van der Waals surface area contributed by atoms with Crippen molar-refractivity contribution in [2.75, 3.05) is 5.73 Å². The molecule has 1 aromatic carbocycles. The zero-order valence-corrected chi connectivity index (χ0v) is 10.3. The Balaban J connectivity index is 2.46. The van der Waals surface area contributed by atoms with Crippen LogP contribution in [0.25, 0.3) is 0 Å². The molecule has 0 amide bonds. The number of benzene rings is 1. The molecular weight excluding hydrogens is 252 g/mol. The molecule has 1 heterocycles. The van der Waals surface area contributed by atoms with Gasteiger partial charge in [0, 0.05) is 4.90 Å². The highest BCUT2D eigenvalue weighted by Gasteiger charge is 2.22. The van der Waals surface area contributed by atoms with Gasteiger partial charge >= 0.3 is 5.69 Å². The summed E-state index contributed by atoms with van der Waals surface area (Å²) in [6.07, 6.45) is 0. The van der Waals surface area contributed by atoms with Crippen molar-refractivity contribution in [2.45, 2.75) is 16.8 Å². The van der Waals surface area contributed by atoms with Crippen LogP contribution in [0.2, 0.25) is 0 Å². The van der Waals surface area contributed by atoms with E-state index in [1.165, 1.54) is 11.8 Å². The lowest BCUT2D eigenvalue weighted by Gasteiger charge is -2.04. The van der Waals surface area contributed by atoms with E-state index < -0.39 is 4.92 Å². The minimum Gasteiger partial charge on any atom is -0.368 e. The maximum Gasteiger partial charge on any atom is 0.322 e. The molecule has 0 saturated carbocycles. The van der Waals surface area contributed by atoms with Crippen molar-refractivity contribution in [3.8, 4) is 0 Å². The predicted octanol–water partition coefficient (Wildman–Crippen LogP) is 2.43. The number of anilines is 1. The Bertz CT molecular complexity index is 589. The van der Waals surface area contributed by atoms with Crippen LogP contribution in [-0.4, -0.2) is 14.9 Å². The summed E-state index contributed by atoms with van der Waals surface area (Å²) in [6, 6.07) is 9.28. The number of hydrogen-bond acceptors (Lipinski definition) is 6. The average Bonchev–Trinajstić information content (AvgIpc) is 2.28. The monoisotopic (exact) mass is 262 g/mol. The number of rotatable bonds is 3. The molecule has 18 heavy (non-hydrogen) atoms. The Morgan fingerprint density at radius 3 is 2.56 bits per heavy atom. The Morgan fingerprint density at radius 1 is 1.28 bits per heavy atom. The van der Waals surface area contributed by atoms with Gasteiger partial charge in [0.15, 0.2) is 5.03 Å². The molecule has 0 aliphatic carbocycles. The second-order valence-corrected chi connectivity index (χ2v) is 4.56. The molecule has 2 rings (SSSR count). The number of aromatic nitrogens is 2. The van der Waals surface area contributed by atoms with E-state index >= 15 is 0 Å². The van der Waals surface area contributed by atoms with Gasteiger partial charge in [-0.1, -0.05) is 30.0 Å². The molecule has 6 nitrogen and oxygen atoms in total. The highest BCUT2D eigenvalue weighted by molar-refractivity contribution is 7.99. The second-order valence-electron chi connectivity index (χ2n) is 3.49. The number of nitrogens with zero attached hydrogens (tertiary/aromatic N) is 3. The molecule has 0 bridgehead atoms. The fourth-order valence-corrected chi connectivity index (χ4v) is 2.42. The Morgan fingerprint density at radius 2 is 1.94 bits per heavy atom. The van der Waals surface area contributed by atoms with Crippen LogP contribution in [0.4, 0.5) is 11.6 Å². The first-order valence-corrected chi connectivity index (χ1v) is 5.91. The highest BCUT2D eigenvalue weighted by atomic mass is 32.2. The first kappa shape index (κ1) is 12.3. The van der Waals surface area contributed by atoms with Gasteiger partial charge in [-0.15, -0.1) is 0 Å². The van der Waals surface area contributed by atoms with Crippen LogP contribution in [0.5, 0.6) is 0 Å². The molecular formula is C11H10N4O2S. The minimum atomic E-state index is -0.486. The van der Waals surface area contributed by atoms with Crippen LogP contribution in [0.15, 0.2) is 40.3 Å². The van der Waals surface area contributed by atoms with Crippen LogP contribution in [0.1, 0.15) is 5.69 Å². The summed E-state index contributed by atoms with van der Waals surface area (Å²) in [5.41, 5.74) is 5.69. The number of hydrogen-bond donors (Lipinski definition) is 1. The van der Waals surface area contributed by atoms with E-state index in [1.54, 1.807) is 6.92 Å². The van der Waals surface area contributed by atoms with Crippen LogP contribution in [0, 0.1) is 17.0 Å². The molecule has 1 aromatic heterocycles. The first-order valence-electron chi connectivity index (χ1n) is 5.09. The molecule has 0 radical (unpaired) electrons. The maximum atomic E-state index is 11.0. The van der Waals surface area contributed by atoms with Crippen molar-refractivity contribution in [2.24, 2.45) is 0 Å². The van der Waals surface area contributed by atoms with Gasteiger partial charge in [0.05, 0.1) is 4.92 Å². The van der Waals surface area contributed by atoms with Gasteiger partial charge < -0.3 is 5.73 Å². The van der Waals surface area contributed by atoms with Gasteiger partial charge in [0.1, 0.15) is 5.69 Å². The highest BCUT2D eigenvalue weighted by Crippen LogP contribution is 2.34. The lowest BCUT2D eigenvalue weighted by Crippen LogP contribution is -2.03. The third-order valence-corrected chi connectivity index (χ3v) is 3.17. The molecule has 0 atom stereocenters. The van der Waals surface area contributed by atoms with Crippen molar-refractivity contribution >= 4 is 23.4 Å². The average molecular weight is 262 g/mol. The van der Waals surface area contributed by atoms with Crippen LogP contribution >= 0.6 is 11.8 Å². The van der Waals surface area contributed by atoms with Crippen molar-refractivity contribution in [3.05, 3.63) is 46.1 Å². The van der Waals surface area contributed by atoms with Gasteiger partial charge in [-0.05, 0) is 19.1 Å². The largest absolute Gasteiger partial charge is 0.368 e. The maximum absolute atomic E-state index is 11.0. The van der Waals surface area contributed by atoms with E-state index in [-0.39, 0.29) is 22.4 Å². The van der Waals surface area contributed by atoms with Crippen molar-refractivity contribution < 1.29 is 4.92 Å². The lowest BCUT2D eigenvalue weighted by atomic mass is 10.4. The zero-order chi connectivity index (χ0) is 13.1. The minimum absolute atomic E-state index is 0.0385. The molecule has 2 N–H and O–H groups in total. The van der Waals surface area contributed by atoms with Crippen LogP contribution in [-0.2, 0) is 0 Å². The molecule has 0 saturated heterocycles. The molecule has 92 valence electrons. The summed E-state index contributed by atoms with van der Waals surface area (Å²) in [5.74, 6) is 0.0385. The summed E-state index contributed by atoms with van der Waals surface area (Å²) in [5, 5.41) is 11.3. The van der Waals surface area contributed by atoms with Gasteiger partial charge in [-0.2, -0.15) is 4.98 Å². The van der Waals surface area contributed by atoms with Crippen molar-refractivity contribution in [1.82, 2.24) is 9.97 Å². The third-order valence-electron chi connectivity index (χ3n) is 2.18. The summed E-state index contributed by atoms with van der Waals surface area (Å²) in [7, 11) is 0. The number of nitro groups is 1. The Hall–Kier alpha value is -2.15. The molecule has 0 aliphatic rings. The van der Waals surface area contributed by atoms with E-state index in [9.17, 15) is 10.1 Å². The van der Waals surface area contributed by atoms with Crippen LogP contribution in [0.3, 0.4) is 0 Å². The normalized spacial score (nSPS) is 10.3. The first-order chi connectivity index (χ1) is 8.58. The topological polar surface area (TPSA) is 94.9 Å². The summed E-state index contributed by atoms with van der Waals surface area (Å²) in [4.78, 5) is 19.1. The Kier molecular flexibility index (Phi) is 3.42. The smallest absolute Gasteiger partial charge is 0.322 e. The zero-order valence-electron chi connectivity index (χ0n) is 9.53. The van der Waals surface area contributed by atoms with E-state index in [0.29, 0.717) is 0 Å². The molecule has 2 aromatic rings. The van der Waals surface area contributed by atoms with E-state index in [0.717, 1.165) is 4.90 Å². The number of aryl methyl sites for hydroxylation is 1. The van der Waals surface area contributed by atoms with Crippen molar-refractivity contribution in [3.63, 3.8) is 0 Å². The summed E-state index contributed by atoms with van der Waals surface area (Å²) in [6.45, 7) is 1.55. The fraction of sp³-hybridized carbons (Fsp3) is 0.0909. The SMILES string of the molecule is Cc1nc(N)nc(Sc2ccccc2)c1[N+](=O)[O-]. The number of nitrogen functional groups attached to an aromatic ring is 1. The van der Waals surface area contributed by atoms with E-state index in [4.69, 9.17) is 5.73 Å². The molecule has 0 fully saturated rings. The Labute approximate surface area is 107 Å². The third kappa shape index (κ3) is 2.57. The molecule has 0 spiro atoms. The van der Waals surface area contributed by atoms with Crippen molar-refractivity contribution in [1.29, 1.82) is 0 Å². The summed E-state index contributed by atoms with van der Waals surface area (Å²) < 4.78 is 0. The van der Waals surface area contributed by atoms with Crippen LogP contribution < -0.4 is 5.73 Å². The molecule has 0 unspecified atom stereocenters. The standard InChI is InChI=1S/C11H10N4O2S/c1-7-9(15(16)17)10(14-11(12)13-7)18-8-5-3-2-4-6-8/h2-6H,1H3,(H2,12,13,14). The second kappa shape index (κ2) is 5.01. The molecule has 7 heteroatoms. The fourth-order valence-electron chi connectivity index (χ4n) is 1.44. The van der Waals surface area contributed by atoms with Gasteiger partial charge in [0.25, 0.3) is 0 Å². The van der Waals surface area contributed by atoms with Gasteiger partial charge in [-0.3, -0.25) is 10.1 Å². The molecule has 0 aliphatic heterocycles. The summed E-state index contributed by atoms with van der Waals surface area (Å²) >= 11 is 1.20. The number of nitrogens with two attached hydrogens (primary N) is 1.